The van der Waals surface area contributed by atoms with Crippen LogP contribution in [0.25, 0.3) is 0 Å². The maximum absolute atomic E-state index is 13.5. The van der Waals surface area contributed by atoms with Crippen LogP contribution < -0.4 is 4.74 Å². The molecule has 34 heavy (non-hydrogen) atoms. The Morgan fingerprint density at radius 2 is 1.79 bits per heavy atom. The first-order valence-electron chi connectivity index (χ1n) is 11.6. The molecule has 7 nitrogen and oxygen atoms in total. The number of hydrogen-bond acceptors (Lipinski definition) is 5. The number of hydrogen-bond donors (Lipinski definition) is 0. The first-order chi connectivity index (χ1) is 16.5. The second-order valence-corrected chi connectivity index (χ2v) is 9.10. The Hall–Kier alpha value is -2.90. The van der Waals surface area contributed by atoms with Gasteiger partial charge < -0.3 is 14.4 Å². The lowest BCUT2D eigenvalue weighted by Gasteiger charge is -2.32. The summed E-state index contributed by atoms with van der Waals surface area (Å²) in [6.07, 6.45) is 3.39. The molecular weight excluding hydrogens is 454 g/mol. The van der Waals surface area contributed by atoms with Gasteiger partial charge in [-0.25, -0.2) is 5.01 Å². The molecule has 1 aliphatic heterocycles. The summed E-state index contributed by atoms with van der Waals surface area (Å²) in [6.45, 7) is 0.737. The molecule has 1 heterocycles. The molecule has 0 unspecified atom stereocenters. The zero-order valence-electron chi connectivity index (χ0n) is 19.6. The lowest BCUT2D eigenvalue weighted by molar-refractivity contribution is -0.146. The van der Waals surface area contributed by atoms with Crippen molar-refractivity contribution in [3.8, 4) is 5.75 Å². The number of ether oxygens (including phenoxy) is 2. The van der Waals surface area contributed by atoms with Crippen LogP contribution in [-0.4, -0.2) is 61.4 Å². The van der Waals surface area contributed by atoms with Crippen molar-refractivity contribution in [1.29, 1.82) is 0 Å². The SMILES string of the molecule is COCCN(CC(=O)N1N=C(c2ccc(OC)cc2)C[C@H]1c1ccc(Cl)cc1)C(=O)C1CCC1. The molecule has 2 amide bonds. The fourth-order valence-electron chi connectivity index (χ4n) is 4.26. The minimum atomic E-state index is -0.273. The largest absolute Gasteiger partial charge is 0.497 e. The van der Waals surface area contributed by atoms with Gasteiger partial charge in [0.1, 0.15) is 12.3 Å². The summed E-state index contributed by atoms with van der Waals surface area (Å²) in [6, 6.07) is 14.8. The number of rotatable bonds is 9. The van der Waals surface area contributed by atoms with Crippen LogP contribution in [0.5, 0.6) is 5.75 Å². The third-order valence-corrected chi connectivity index (χ3v) is 6.75. The average Bonchev–Trinajstić information content (AvgIpc) is 3.26. The van der Waals surface area contributed by atoms with Gasteiger partial charge >= 0.3 is 0 Å². The fourth-order valence-corrected chi connectivity index (χ4v) is 4.39. The summed E-state index contributed by atoms with van der Waals surface area (Å²) in [5, 5.41) is 6.88. The summed E-state index contributed by atoms with van der Waals surface area (Å²) in [7, 11) is 3.22. The minimum Gasteiger partial charge on any atom is -0.497 e. The molecule has 2 aromatic carbocycles. The van der Waals surface area contributed by atoms with Crippen molar-refractivity contribution < 1.29 is 19.1 Å². The van der Waals surface area contributed by atoms with Crippen molar-refractivity contribution in [3.05, 3.63) is 64.7 Å². The molecule has 0 aromatic heterocycles. The van der Waals surface area contributed by atoms with Gasteiger partial charge in [0.05, 0.1) is 25.5 Å². The molecule has 180 valence electrons. The van der Waals surface area contributed by atoms with Gasteiger partial charge in [0, 0.05) is 31.0 Å². The van der Waals surface area contributed by atoms with E-state index in [-0.39, 0.29) is 30.3 Å². The highest BCUT2D eigenvalue weighted by Gasteiger charge is 2.36. The van der Waals surface area contributed by atoms with E-state index in [1.807, 2.05) is 48.5 Å². The molecule has 1 fully saturated rings. The van der Waals surface area contributed by atoms with Gasteiger partial charge in [-0.3, -0.25) is 9.59 Å². The molecule has 8 heteroatoms. The summed E-state index contributed by atoms with van der Waals surface area (Å²) in [5.74, 6) is 0.576. The summed E-state index contributed by atoms with van der Waals surface area (Å²) < 4.78 is 10.4. The maximum Gasteiger partial charge on any atom is 0.262 e. The smallest absolute Gasteiger partial charge is 0.262 e. The Balaban J connectivity index is 1.59. The van der Waals surface area contributed by atoms with Crippen LogP contribution in [0.15, 0.2) is 53.6 Å². The zero-order valence-corrected chi connectivity index (χ0v) is 20.3. The lowest BCUT2D eigenvalue weighted by Crippen LogP contribution is -2.46. The molecule has 0 radical (unpaired) electrons. The Morgan fingerprint density at radius 3 is 2.38 bits per heavy atom. The molecule has 0 N–H and O–H groups in total. The third kappa shape index (κ3) is 5.42. The highest BCUT2D eigenvalue weighted by Crippen LogP contribution is 2.34. The highest BCUT2D eigenvalue weighted by atomic mass is 35.5. The fraction of sp³-hybridized carbons (Fsp3) is 0.423. The van der Waals surface area contributed by atoms with Crippen molar-refractivity contribution in [2.24, 2.45) is 11.0 Å². The highest BCUT2D eigenvalue weighted by molar-refractivity contribution is 6.30. The van der Waals surface area contributed by atoms with E-state index in [0.717, 1.165) is 41.9 Å². The van der Waals surface area contributed by atoms with E-state index in [9.17, 15) is 9.59 Å². The number of amides is 2. The Bertz CT molecular complexity index is 1040. The predicted octanol–water partition coefficient (Wildman–Crippen LogP) is 4.30. The Labute approximate surface area is 205 Å². The topological polar surface area (TPSA) is 71.4 Å². The van der Waals surface area contributed by atoms with Gasteiger partial charge in [-0.1, -0.05) is 30.2 Å². The van der Waals surface area contributed by atoms with Crippen LogP contribution in [0.2, 0.25) is 5.02 Å². The standard InChI is InChI=1S/C26H30ClN3O4/c1-33-15-14-29(26(32)20-4-3-5-20)17-25(31)30-24(19-6-10-21(27)11-7-19)16-23(28-30)18-8-12-22(34-2)13-9-18/h6-13,20,24H,3-5,14-17H2,1-2H3/t24-/m0/s1. The molecule has 1 aliphatic carbocycles. The van der Waals surface area contributed by atoms with E-state index in [2.05, 4.69) is 0 Å². The maximum atomic E-state index is 13.5. The number of benzene rings is 2. The Morgan fingerprint density at radius 1 is 1.09 bits per heavy atom. The van der Waals surface area contributed by atoms with Crippen molar-refractivity contribution >= 4 is 29.1 Å². The van der Waals surface area contributed by atoms with E-state index in [1.165, 1.54) is 5.01 Å². The van der Waals surface area contributed by atoms with Crippen LogP contribution in [0.1, 0.15) is 42.9 Å². The number of hydrazone groups is 1. The second-order valence-electron chi connectivity index (χ2n) is 8.67. The monoisotopic (exact) mass is 483 g/mol. The normalized spacial score (nSPS) is 17.8. The van der Waals surface area contributed by atoms with E-state index < -0.39 is 0 Å². The number of carbonyl (C=O) groups excluding carboxylic acids is 2. The van der Waals surface area contributed by atoms with Gasteiger partial charge in [-0.2, -0.15) is 5.10 Å². The molecular formula is C26H30ClN3O4. The van der Waals surface area contributed by atoms with E-state index in [0.29, 0.717) is 24.6 Å². The molecule has 1 atom stereocenters. The molecule has 2 aliphatic rings. The van der Waals surface area contributed by atoms with E-state index in [1.54, 1.807) is 19.1 Å². The molecule has 0 saturated heterocycles. The van der Waals surface area contributed by atoms with Gasteiger partial charge in [0.15, 0.2) is 0 Å². The quantitative estimate of drug-likeness (QED) is 0.533. The molecule has 0 bridgehead atoms. The van der Waals surface area contributed by atoms with Gasteiger partial charge in [-0.15, -0.1) is 0 Å². The first-order valence-corrected chi connectivity index (χ1v) is 11.9. The number of halogens is 1. The minimum absolute atomic E-state index is 0.00802. The molecule has 4 rings (SSSR count). The average molecular weight is 484 g/mol. The molecule has 1 saturated carbocycles. The molecule has 2 aromatic rings. The van der Waals surface area contributed by atoms with Crippen LogP contribution in [0.4, 0.5) is 0 Å². The number of nitrogens with zero attached hydrogens (tertiary/aromatic N) is 3. The second kappa shape index (κ2) is 11.0. The van der Waals surface area contributed by atoms with Crippen LogP contribution in [-0.2, 0) is 14.3 Å². The van der Waals surface area contributed by atoms with Gasteiger partial charge in [0.2, 0.25) is 5.91 Å². The Kier molecular flexibility index (Phi) is 7.85. The van der Waals surface area contributed by atoms with Crippen LogP contribution >= 0.6 is 11.6 Å². The summed E-state index contributed by atoms with van der Waals surface area (Å²) >= 11 is 6.09. The lowest BCUT2D eigenvalue weighted by atomic mass is 9.84. The van der Waals surface area contributed by atoms with Crippen molar-refractivity contribution in [2.45, 2.75) is 31.7 Å². The van der Waals surface area contributed by atoms with Gasteiger partial charge in [0.25, 0.3) is 5.91 Å². The van der Waals surface area contributed by atoms with Crippen molar-refractivity contribution in [1.82, 2.24) is 9.91 Å². The van der Waals surface area contributed by atoms with Crippen LogP contribution in [0, 0.1) is 5.92 Å². The van der Waals surface area contributed by atoms with Crippen molar-refractivity contribution in [3.63, 3.8) is 0 Å². The summed E-state index contributed by atoms with van der Waals surface area (Å²) in [5.41, 5.74) is 2.68. The van der Waals surface area contributed by atoms with Crippen LogP contribution in [0.3, 0.4) is 0 Å². The first kappa shape index (κ1) is 24.2. The molecule has 0 spiro atoms. The van der Waals surface area contributed by atoms with Crippen molar-refractivity contribution in [2.75, 3.05) is 33.9 Å². The van der Waals surface area contributed by atoms with E-state index in [4.69, 9.17) is 26.2 Å². The third-order valence-electron chi connectivity index (χ3n) is 6.50. The zero-order chi connectivity index (χ0) is 24.1. The predicted molar refractivity (Wildman–Crippen MR) is 131 cm³/mol. The van der Waals surface area contributed by atoms with E-state index >= 15 is 0 Å². The van der Waals surface area contributed by atoms with Gasteiger partial charge in [-0.05, 0) is 60.4 Å². The number of carbonyl (C=O) groups is 2. The summed E-state index contributed by atoms with van der Waals surface area (Å²) in [4.78, 5) is 28.1. The number of methoxy groups -OCH3 is 2.